The molecule has 0 saturated carbocycles. The number of pyridine rings is 1. The van der Waals surface area contributed by atoms with E-state index in [0.29, 0.717) is 5.69 Å². The highest BCUT2D eigenvalue weighted by Crippen LogP contribution is 2.23. The summed E-state index contributed by atoms with van der Waals surface area (Å²) in [4.78, 5) is 14.6. The third-order valence-electron chi connectivity index (χ3n) is 2.60. The van der Waals surface area contributed by atoms with Gasteiger partial charge in [-0.15, -0.1) is 0 Å². The van der Waals surface area contributed by atoms with Gasteiger partial charge in [-0.25, -0.2) is 0 Å². The Bertz CT molecular complexity index is 515. The Morgan fingerprint density at radius 3 is 2.50 bits per heavy atom. The molecule has 2 aromatic rings. The lowest BCUT2D eigenvalue weighted by molar-refractivity contribution is 0.111. The SMILES string of the molecule is Cc1ccc(-c2ccc(C=O)nc2)c(C)c1. The molecule has 0 fully saturated rings. The first-order valence-electron chi connectivity index (χ1n) is 5.19. The second-order valence-electron chi connectivity index (χ2n) is 3.91. The van der Waals surface area contributed by atoms with Crippen LogP contribution in [0.15, 0.2) is 36.5 Å². The van der Waals surface area contributed by atoms with Crippen LogP contribution in [0.3, 0.4) is 0 Å². The van der Waals surface area contributed by atoms with E-state index in [-0.39, 0.29) is 0 Å². The van der Waals surface area contributed by atoms with E-state index in [4.69, 9.17) is 0 Å². The Balaban J connectivity index is 2.46. The number of aryl methyl sites for hydroxylation is 2. The van der Waals surface area contributed by atoms with Crippen molar-refractivity contribution in [2.45, 2.75) is 13.8 Å². The lowest BCUT2D eigenvalue weighted by Gasteiger charge is -2.06. The first kappa shape index (κ1) is 10.6. The van der Waals surface area contributed by atoms with Crippen LogP contribution in [0.4, 0.5) is 0 Å². The number of carbonyl (C=O) groups excluding carboxylic acids is 1. The lowest BCUT2D eigenvalue weighted by atomic mass is 10.00. The van der Waals surface area contributed by atoms with Gasteiger partial charge in [-0.2, -0.15) is 0 Å². The fourth-order valence-electron chi connectivity index (χ4n) is 1.77. The van der Waals surface area contributed by atoms with Gasteiger partial charge in [-0.1, -0.05) is 29.8 Å². The molecule has 0 unspecified atom stereocenters. The van der Waals surface area contributed by atoms with Crippen molar-refractivity contribution in [3.8, 4) is 11.1 Å². The first-order chi connectivity index (χ1) is 7.70. The molecule has 2 nitrogen and oxygen atoms in total. The van der Waals surface area contributed by atoms with Gasteiger partial charge in [0.1, 0.15) is 5.69 Å². The standard InChI is InChI=1S/C14H13NO/c1-10-3-6-14(11(2)7-10)12-4-5-13(9-16)15-8-12/h3-9H,1-2H3. The maximum absolute atomic E-state index is 10.5. The summed E-state index contributed by atoms with van der Waals surface area (Å²) >= 11 is 0. The summed E-state index contributed by atoms with van der Waals surface area (Å²) in [6.45, 7) is 4.15. The Morgan fingerprint density at radius 1 is 1.12 bits per heavy atom. The van der Waals surface area contributed by atoms with E-state index >= 15 is 0 Å². The highest BCUT2D eigenvalue weighted by Gasteiger charge is 2.02. The summed E-state index contributed by atoms with van der Waals surface area (Å²) in [6.07, 6.45) is 2.49. The van der Waals surface area contributed by atoms with Gasteiger partial charge in [-0.05, 0) is 31.0 Å². The number of nitrogens with zero attached hydrogens (tertiary/aromatic N) is 1. The van der Waals surface area contributed by atoms with Crippen molar-refractivity contribution >= 4 is 6.29 Å². The average Bonchev–Trinajstić information content (AvgIpc) is 2.29. The summed E-state index contributed by atoms with van der Waals surface area (Å²) in [5.74, 6) is 0. The molecule has 0 aliphatic carbocycles. The third-order valence-corrected chi connectivity index (χ3v) is 2.60. The zero-order valence-electron chi connectivity index (χ0n) is 9.40. The zero-order valence-corrected chi connectivity index (χ0v) is 9.40. The molecule has 0 amide bonds. The molecule has 0 spiro atoms. The zero-order chi connectivity index (χ0) is 11.5. The number of benzene rings is 1. The molecule has 0 N–H and O–H groups in total. The molecule has 0 aliphatic heterocycles. The Kier molecular flexibility index (Phi) is 2.82. The Labute approximate surface area is 95.0 Å². The van der Waals surface area contributed by atoms with Gasteiger partial charge < -0.3 is 0 Å². The van der Waals surface area contributed by atoms with E-state index < -0.39 is 0 Å². The Morgan fingerprint density at radius 2 is 1.94 bits per heavy atom. The van der Waals surface area contributed by atoms with E-state index in [1.165, 1.54) is 11.1 Å². The van der Waals surface area contributed by atoms with Crippen molar-refractivity contribution in [1.82, 2.24) is 4.98 Å². The summed E-state index contributed by atoms with van der Waals surface area (Å²) < 4.78 is 0. The highest BCUT2D eigenvalue weighted by atomic mass is 16.1. The number of aromatic nitrogens is 1. The summed E-state index contributed by atoms with van der Waals surface area (Å²) in [5.41, 5.74) is 5.14. The predicted octanol–water partition coefficient (Wildman–Crippen LogP) is 3.18. The predicted molar refractivity (Wildman–Crippen MR) is 64.5 cm³/mol. The van der Waals surface area contributed by atoms with Crippen LogP contribution < -0.4 is 0 Å². The molecule has 80 valence electrons. The molecule has 0 bridgehead atoms. The number of carbonyl (C=O) groups is 1. The summed E-state index contributed by atoms with van der Waals surface area (Å²) in [7, 11) is 0. The minimum Gasteiger partial charge on any atom is -0.296 e. The monoisotopic (exact) mass is 211 g/mol. The van der Waals surface area contributed by atoms with E-state index in [0.717, 1.165) is 17.4 Å². The van der Waals surface area contributed by atoms with Gasteiger partial charge in [0.15, 0.2) is 6.29 Å². The normalized spacial score (nSPS) is 10.1. The summed E-state index contributed by atoms with van der Waals surface area (Å²) in [5, 5.41) is 0. The minimum atomic E-state index is 0.466. The van der Waals surface area contributed by atoms with Gasteiger partial charge in [0.05, 0.1) is 0 Å². The van der Waals surface area contributed by atoms with Crippen LogP contribution >= 0.6 is 0 Å². The van der Waals surface area contributed by atoms with E-state index in [2.05, 4.69) is 37.0 Å². The van der Waals surface area contributed by atoms with Crippen molar-refractivity contribution in [1.29, 1.82) is 0 Å². The number of hydrogen-bond acceptors (Lipinski definition) is 2. The second kappa shape index (κ2) is 4.27. The van der Waals surface area contributed by atoms with Crippen LogP contribution in [0.2, 0.25) is 0 Å². The van der Waals surface area contributed by atoms with Gasteiger partial charge in [0.2, 0.25) is 0 Å². The molecule has 0 atom stereocenters. The third kappa shape index (κ3) is 2.01. The van der Waals surface area contributed by atoms with E-state index in [1.807, 2.05) is 6.07 Å². The number of hydrogen-bond donors (Lipinski definition) is 0. The molecule has 0 aliphatic rings. The van der Waals surface area contributed by atoms with Crippen molar-refractivity contribution in [3.05, 3.63) is 53.3 Å². The molecule has 0 radical (unpaired) electrons. The topological polar surface area (TPSA) is 30.0 Å². The van der Waals surface area contributed by atoms with E-state index in [1.54, 1.807) is 12.3 Å². The maximum atomic E-state index is 10.5. The van der Waals surface area contributed by atoms with Crippen LogP contribution in [0.1, 0.15) is 21.6 Å². The van der Waals surface area contributed by atoms with Crippen LogP contribution in [0.25, 0.3) is 11.1 Å². The van der Waals surface area contributed by atoms with Gasteiger partial charge in [-0.3, -0.25) is 9.78 Å². The minimum absolute atomic E-state index is 0.466. The fourth-order valence-corrected chi connectivity index (χ4v) is 1.77. The van der Waals surface area contributed by atoms with Crippen LogP contribution in [0.5, 0.6) is 0 Å². The lowest BCUT2D eigenvalue weighted by Crippen LogP contribution is -1.89. The molecule has 1 aromatic heterocycles. The van der Waals surface area contributed by atoms with Crippen molar-refractivity contribution in [2.24, 2.45) is 0 Å². The second-order valence-corrected chi connectivity index (χ2v) is 3.91. The molecule has 0 saturated heterocycles. The van der Waals surface area contributed by atoms with Crippen LogP contribution in [-0.4, -0.2) is 11.3 Å². The van der Waals surface area contributed by atoms with Gasteiger partial charge >= 0.3 is 0 Å². The van der Waals surface area contributed by atoms with Crippen LogP contribution in [0, 0.1) is 13.8 Å². The first-order valence-corrected chi connectivity index (χ1v) is 5.19. The molecule has 1 aromatic carbocycles. The number of rotatable bonds is 2. The van der Waals surface area contributed by atoms with Crippen molar-refractivity contribution in [3.63, 3.8) is 0 Å². The van der Waals surface area contributed by atoms with Gasteiger partial charge in [0, 0.05) is 11.8 Å². The van der Waals surface area contributed by atoms with Crippen LogP contribution in [-0.2, 0) is 0 Å². The molecule has 2 rings (SSSR count). The molecule has 2 heteroatoms. The molecule has 16 heavy (non-hydrogen) atoms. The largest absolute Gasteiger partial charge is 0.296 e. The highest BCUT2D eigenvalue weighted by molar-refractivity contribution is 5.74. The average molecular weight is 211 g/mol. The fraction of sp³-hybridized carbons (Fsp3) is 0.143. The molecular weight excluding hydrogens is 198 g/mol. The molecular formula is C14H13NO. The quantitative estimate of drug-likeness (QED) is 0.714. The summed E-state index contributed by atoms with van der Waals surface area (Å²) in [6, 6.07) is 9.97. The number of aldehydes is 1. The maximum Gasteiger partial charge on any atom is 0.168 e. The molecule has 1 heterocycles. The van der Waals surface area contributed by atoms with Crippen molar-refractivity contribution < 1.29 is 4.79 Å². The van der Waals surface area contributed by atoms with Crippen molar-refractivity contribution in [2.75, 3.05) is 0 Å². The smallest absolute Gasteiger partial charge is 0.168 e. The van der Waals surface area contributed by atoms with E-state index in [9.17, 15) is 4.79 Å². The van der Waals surface area contributed by atoms with Gasteiger partial charge in [0.25, 0.3) is 0 Å². The Hall–Kier alpha value is -1.96.